The Kier molecular flexibility index (Phi) is 4.36. The highest BCUT2D eigenvalue weighted by Gasteiger charge is 2.31. The maximum atomic E-state index is 12.1. The van der Waals surface area contributed by atoms with Crippen molar-refractivity contribution in [1.82, 2.24) is 14.4 Å². The van der Waals surface area contributed by atoms with Crippen molar-refractivity contribution in [2.45, 2.75) is 19.9 Å². The third-order valence-electron chi connectivity index (χ3n) is 3.23. The van der Waals surface area contributed by atoms with E-state index in [-0.39, 0.29) is 29.7 Å². The van der Waals surface area contributed by atoms with Crippen LogP contribution >= 0.6 is 0 Å². The minimum Gasteiger partial charge on any atom is -0.469 e. The van der Waals surface area contributed by atoms with Crippen LogP contribution in [0.2, 0.25) is 0 Å². The minimum absolute atomic E-state index is 0.0148. The van der Waals surface area contributed by atoms with Crippen molar-refractivity contribution in [3.8, 4) is 11.6 Å². The zero-order valence-electron chi connectivity index (χ0n) is 13.2. The number of halogens is 3. The van der Waals surface area contributed by atoms with Gasteiger partial charge < -0.3 is 19.6 Å². The molecule has 136 valence electrons. The van der Waals surface area contributed by atoms with Crippen molar-refractivity contribution >= 4 is 11.5 Å². The van der Waals surface area contributed by atoms with Crippen molar-refractivity contribution in [2.24, 2.45) is 0 Å². The van der Waals surface area contributed by atoms with Gasteiger partial charge in [0, 0.05) is 6.20 Å². The van der Waals surface area contributed by atoms with Crippen LogP contribution in [-0.4, -0.2) is 25.7 Å². The molecule has 0 N–H and O–H groups in total. The molecule has 0 aliphatic heterocycles. The Morgan fingerprint density at radius 1 is 1.19 bits per heavy atom. The van der Waals surface area contributed by atoms with Gasteiger partial charge >= 0.3 is 17.8 Å². The fourth-order valence-corrected chi connectivity index (χ4v) is 2.20. The SMILES string of the molecule is Cc1cn2cc([N+](=O)[O-])nc2c(OCc2ccc(OC(F)(F)F)cc2)n1. The molecule has 26 heavy (non-hydrogen) atoms. The van der Waals surface area contributed by atoms with E-state index in [1.165, 1.54) is 22.7 Å². The molecule has 0 unspecified atom stereocenters. The summed E-state index contributed by atoms with van der Waals surface area (Å²) in [7, 11) is 0. The van der Waals surface area contributed by atoms with E-state index in [2.05, 4.69) is 14.7 Å². The lowest BCUT2D eigenvalue weighted by Crippen LogP contribution is -2.17. The van der Waals surface area contributed by atoms with Gasteiger partial charge in [-0.15, -0.1) is 13.2 Å². The van der Waals surface area contributed by atoms with Crippen LogP contribution in [0.3, 0.4) is 0 Å². The maximum absolute atomic E-state index is 12.1. The summed E-state index contributed by atoms with van der Waals surface area (Å²) >= 11 is 0. The van der Waals surface area contributed by atoms with Crippen LogP contribution in [0, 0.1) is 17.0 Å². The number of benzene rings is 1. The van der Waals surface area contributed by atoms with Crippen molar-refractivity contribution in [3.63, 3.8) is 0 Å². The van der Waals surface area contributed by atoms with Gasteiger partial charge in [-0.05, 0) is 34.5 Å². The molecule has 3 rings (SSSR count). The number of aryl methyl sites for hydroxylation is 1. The first kappa shape index (κ1) is 17.5. The Bertz CT molecular complexity index is 954. The molecule has 0 fully saturated rings. The number of alkyl halides is 3. The summed E-state index contributed by atoms with van der Waals surface area (Å²) in [5, 5.41) is 10.9. The van der Waals surface area contributed by atoms with Crippen molar-refractivity contribution < 1.29 is 27.6 Å². The lowest BCUT2D eigenvalue weighted by molar-refractivity contribution is -0.389. The fourth-order valence-electron chi connectivity index (χ4n) is 2.20. The van der Waals surface area contributed by atoms with Gasteiger partial charge in [0.05, 0.1) is 5.69 Å². The number of hydrogen-bond donors (Lipinski definition) is 0. The van der Waals surface area contributed by atoms with Crippen LogP contribution < -0.4 is 9.47 Å². The Morgan fingerprint density at radius 3 is 2.50 bits per heavy atom. The molecular weight excluding hydrogens is 357 g/mol. The molecule has 0 amide bonds. The molecule has 0 aliphatic carbocycles. The number of fused-ring (bicyclic) bond motifs is 1. The smallest absolute Gasteiger partial charge is 0.469 e. The Balaban J connectivity index is 1.78. The topological polar surface area (TPSA) is 91.8 Å². The summed E-state index contributed by atoms with van der Waals surface area (Å²) in [6, 6.07) is 5.13. The molecule has 2 aromatic heterocycles. The van der Waals surface area contributed by atoms with Crippen LogP contribution in [0.4, 0.5) is 19.0 Å². The monoisotopic (exact) mass is 368 g/mol. The summed E-state index contributed by atoms with van der Waals surface area (Å²) in [5.74, 6) is -0.620. The summed E-state index contributed by atoms with van der Waals surface area (Å²) in [6.07, 6.45) is -1.96. The molecule has 0 radical (unpaired) electrons. The molecule has 11 heteroatoms. The number of nitro groups is 1. The molecule has 0 aliphatic rings. The van der Waals surface area contributed by atoms with Crippen LogP contribution in [0.1, 0.15) is 11.3 Å². The predicted octanol–water partition coefficient (Wildman–Crippen LogP) is 3.42. The average Bonchev–Trinajstić information content (AvgIpc) is 2.96. The van der Waals surface area contributed by atoms with Gasteiger partial charge in [-0.1, -0.05) is 12.1 Å². The third kappa shape index (κ3) is 3.99. The largest absolute Gasteiger partial charge is 0.573 e. The standard InChI is InChI=1S/C15H11F3N4O4/c1-9-6-21-7-12(22(23)24)20-13(21)14(19-9)25-8-10-2-4-11(5-3-10)26-15(16,17)18/h2-7H,8H2,1H3. The van der Waals surface area contributed by atoms with Crippen LogP contribution in [0.5, 0.6) is 11.6 Å². The zero-order valence-corrected chi connectivity index (χ0v) is 13.2. The number of nitrogens with zero attached hydrogens (tertiary/aromatic N) is 4. The van der Waals surface area contributed by atoms with Crippen molar-refractivity contribution in [2.75, 3.05) is 0 Å². The Hall–Kier alpha value is -3.37. The molecule has 0 saturated heterocycles. The average molecular weight is 368 g/mol. The van der Waals surface area contributed by atoms with Gasteiger partial charge in [-0.3, -0.25) is 4.40 Å². The molecular formula is C15H11F3N4O4. The van der Waals surface area contributed by atoms with E-state index in [1.54, 1.807) is 13.1 Å². The second-order valence-corrected chi connectivity index (χ2v) is 5.25. The van der Waals surface area contributed by atoms with Crippen molar-refractivity contribution in [1.29, 1.82) is 0 Å². The maximum Gasteiger partial charge on any atom is 0.573 e. The number of ether oxygens (including phenoxy) is 2. The first-order valence-corrected chi connectivity index (χ1v) is 7.19. The quantitative estimate of drug-likeness (QED) is 0.506. The number of hydrogen-bond acceptors (Lipinski definition) is 6. The van der Waals surface area contributed by atoms with Crippen LogP contribution in [-0.2, 0) is 6.61 Å². The van der Waals surface area contributed by atoms with Crippen molar-refractivity contribution in [3.05, 3.63) is 58.0 Å². The summed E-state index contributed by atoms with van der Waals surface area (Å²) < 4.78 is 47.2. The predicted molar refractivity (Wildman–Crippen MR) is 81.8 cm³/mol. The van der Waals surface area contributed by atoms with E-state index in [1.807, 2.05) is 0 Å². The molecule has 0 saturated carbocycles. The molecule has 0 spiro atoms. The minimum atomic E-state index is -4.76. The van der Waals surface area contributed by atoms with E-state index in [0.29, 0.717) is 11.3 Å². The zero-order chi connectivity index (χ0) is 18.9. The van der Waals surface area contributed by atoms with E-state index in [0.717, 1.165) is 12.1 Å². The first-order valence-electron chi connectivity index (χ1n) is 7.19. The molecule has 0 atom stereocenters. The highest BCUT2D eigenvalue weighted by molar-refractivity contribution is 5.53. The summed E-state index contributed by atoms with van der Waals surface area (Å²) in [5.41, 5.74) is 1.27. The lowest BCUT2D eigenvalue weighted by Gasteiger charge is -2.09. The molecule has 2 heterocycles. The van der Waals surface area contributed by atoms with Gasteiger partial charge in [-0.25, -0.2) is 4.98 Å². The second-order valence-electron chi connectivity index (χ2n) is 5.25. The highest BCUT2D eigenvalue weighted by atomic mass is 19.4. The second kappa shape index (κ2) is 6.50. The van der Waals surface area contributed by atoms with Gasteiger partial charge in [-0.2, -0.15) is 0 Å². The molecule has 0 bridgehead atoms. The van der Waals surface area contributed by atoms with Crippen LogP contribution in [0.25, 0.3) is 5.65 Å². The lowest BCUT2D eigenvalue weighted by atomic mass is 10.2. The van der Waals surface area contributed by atoms with Crippen LogP contribution in [0.15, 0.2) is 36.7 Å². The van der Waals surface area contributed by atoms with E-state index in [4.69, 9.17) is 4.74 Å². The molecule has 8 nitrogen and oxygen atoms in total. The highest BCUT2D eigenvalue weighted by Crippen LogP contribution is 2.24. The number of aromatic nitrogens is 3. The van der Waals surface area contributed by atoms with Gasteiger partial charge in [0.1, 0.15) is 18.6 Å². The van der Waals surface area contributed by atoms with E-state index >= 15 is 0 Å². The van der Waals surface area contributed by atoms with Gasteiger partial charge in [0.2, 0.25) is 0 Å². The normalized spacial score (nSPS) is 11.5. The fraction of sp³-hybridized carbons (Fsp3) is 0.200. The first-order chi connectivity index (χ1) is 12.2. The summed E-state index contributed by atoms with van der Waals surface area (Å²) in [6.45, 7) is 1.67. The molecule has 3 aromatic rings. The Labute approximate surface area is 144 Å². The van der Waals surface area contributed by atoms with E-state index in [9.17, 15) is 23.3 Å². The molecule has 1 aromatic carbocycles. The van der Waals surface area contributed by atoms with E-state index < -0.39 is 11.3 Å². The summed E-state index contributed by atoms with van der Waals surface area (Å²) in [4.78, 5) is 18.2. The Morgan fingerprint density at radius 2 is 1.88 bits per heavy atom. The van der Waals surface area contributed by atoms with Gasteiger partial charge in [0.25, 0.3) is 5.88 Å². The number of rotatable bonds is 5. The number of imidazole rings is 1. The van der Waals surface area contributed by atoms with Gasteiger partial charge in [0.15, 0.2) is 0 Å². The third-order valence-corrected chi connectivity index (χ3v) is 3.23.